The Morgan fingerprint density at radius 1 is 1.69 bits per heavy atom. The molecule has 0 spiro atoms. The number of pyridine rings is 1. The minimum Gasteiger partial charge on any atom is -0.383 e. The molecule has 0 saturated heterocycles. The summed E-state index contributed by atoms with van der Waals surface area (Å²) in [5, 5.41) is 3.22. The third kappa shape index (κ3) is 3.74. The van der Waals surface area contributed by atoms with Gasteiger partial charge in [0.25, 0.3) is 0 Å². The Hall–Kier alpha value is -0.610. The van der Waals surface area contributed by atoms with E-state index < -0.39 is 0 Å². The van der Waals surface area contributed by atoms with Crippen molar-refractivity contribution in [3.63, 3.8) is 0 Å². The first-order valence-electron chi connectivity index (χ1n) is 4.09. The highest BCUT2D eigenvalue weighted by molar-refractivity contribution is 9.10. The second-order valence-corrected chi connectivity index (χ2v) is 3.78. The molecule has 0 aliphatic carbocycles. The maximum absolute atomic E-state index is 5.00. The maximum Gasteiger partial charge on any atom is 0.127 e. The van der Waals surface area contributed by atoms with Crippen molar-refractivity contribution >= 4 is 21.7 Å². The van der Waals surface area contributed by atoms with E-state index in [1.807, 2.05) is 19.1 Å². The number of nitrogens with zero attached hydrogens (tertiary/aromatic N) is 1. The smallest absolute Gasteiger partial charge is 0.127 e. The van der Waals surface area contributed by atoms with Gasteiger partial charge in [-0.05, 0) is 19.1 Å². The van der Waals surface area contributed by atoms with Crippen LogP contribution in [0.3, 0.4) is 0 Å². The lowest BCUT2D eigenvalue weighted by molar-refractivity contribution is 0.190. The average Bonchev–Trinajstić information content (AvgIpc) is 2.04. The van der Waals surface area contributed by atoms with Crippen LogP contribution in [0.25, 0.3) is 0 Å². The van der Waals surface area contributed by atoms with Crippen molar-refractivity contribution in [2.75, 3.05) is 19.0 Å². The van der Waals surface area contributed by atoms with Gasteiger partial charge in [0.1, 0.15) is 5.82 Å². The first kappa shape index (κ1) is 10.5. The predicted molar refractivity (Wildman–Crippen MR) is 56.9 cm³/mol. The van der Waals surface area contributed by atoms with Crippen LogP contribution in [0.4, 0.5) is 5.82 Å². The van der Waals surface area contributed by atoms with E-state index >= 15 is 0 Å². The molecule has 4 heteroatoms. The van der Waals surface area contributed by atoms with Crippen LogP contribution in [-0.4, -0.2) is 24.7 Å². The van der Waals surface area contributed by atoms with Crippen molar-refractivity contribution in [2.45, 2.75) is 13.0 Å². The number of anilines is 1. The van der Waals surface area contributed by atoms with E-state index in [1.165, 1.54) is 0 Å². The molecule has 0 aliphatic heterocycles. The number of nitrogens with one attached hydrogen (secondary N) is 1. The molecule has 0 radical (unpaired) electrons. The number of methoxy groups -OCH3 is 1. The van der Waals surface area contributed by atoms with Gasteiger partial charge in [0.15, 0.2) is 0 Å². The lowest BCUT2D eigenvalue weighted by atomic mass is 10.3. The Balaban J connectivity index is 2.53. The van der Waals surface area contributed by atoms with E-state index in [2.05, 4.69) is 26.2 Å². The topological polar surface area (TPSA) is 34.1 Å². The van der Waals surface area contributed by atoms with Crippen molar-refractivity contribution in [2.24, 2.45) is 0 Å². The number of rotatable bonds is 4. The normalized spacial score (nSPS) is 12.5. The number of ether oxygens (including phenoxy) is 1. The molecule has 1 atom stereocenters. The second kappa shape index (κ2) is 5.19. The molecule has 0 unspecified atom stereocenters. The monoisotopic (exact) mass is 244 g/mol. The van der Waals surface area contributed by atoms with E-state index in [0.29, 0.717) is 6.61 Å². The Labute approximate surface area is 86.6 Å². The maximum atomic E-state index is 5.00. The molecule has 1 N–H and O–H groups in total. The van der Waals surface area contributed by atoms with Crippen LogP contribution in [0.5, 0.6) is 0 Å². The van der Waals surface area contributed by atoms with E-state index in [9.17, 15) is 0 Å². The van der Waals surface area contributed by atoms with Gasteiger partial charge in [0.2, 0.25) is 0 Å². The van der Waals surface area contributed by atoms with Crippen molar-refractivity contribution in [1.29, 1.82) is 0 Å². The quantitative estimate of drug-likeness (QED) is 0.883. The van der Waals surface area contributed by atoms with Crippen LogP contribution >= 0.6 is 15.9 Å². The highest BCUT2D eigenvalue weighted by atomic mass is 79.9. The number of aromatic nitrogens is 1. The van der Waals surface area contributed by atoms with Crippen LogP contribution in [0.15, 0.2) is 22.8 Å². The van der Waals surface area contributed by atoms with Crippen molar-refractivity contribution in [3.05, 3.63) is 22.8 Å². The number of halogens is 1. The lowest BCUT2D eigenvalue weighted by Gasteiger charge is -2.12. The summed E-state index contributed by atoms with van der Waals surface area (Å²) >= 11 is 3.38. The zero-order valence-corrected chi connectivity index (χ0v) is 9.34. The third-order valence-electron chi connectivity index (χ3n) is 1.53. The molecule has 0 saturated carbocycles. The molecule has 1 aromatic rings. The molecule has 0 aliphatic rings. The number of hydrogen-bond acceptors (Lipinski definition) is 3. The van der Waals surface area contributed by atoms with Crippen LogP contribution in [0.1, 0.15) is 6.92 Å². The molecular weight excluding hydrogens is 232 g/mol. The van der Waals surface area contributed by atoms with Crippen LogP contribution in [0.2, 0.25) is 0 Å². The zero-order chi connectivity index (χ0) is 9.68. The summed E-state index contributed by atoms with van der Waals surface area (Å²) in [6.45, 7) is 2.72. The molecule has 0 bridgehead atoms. The number of hydrogen-bond donors (Lipinski definition) is 1. The van der Waals surface area contributed by atoms with E-state index in [4.69, 9.17) is 4.74 Å². The fourth-order valence-corrected chi connectivity index (χ4v) is 1.36. The van der Waals surface area contributed by atoms with Gasteiger partial charge in [-0.2, -0.15) is 0 Å². The molecule has 1 aromatic heterocycles. The van der Waals surface area contributed by atoms with E-state index in [-0.39, 0.29) is 6.04 Å². The Bertz CT molecular complexity index is 268. The zero-order valence-electron chi connectivity index (χ0n) is 7.75. The van der Waals surface area contributed by atoms with Gasteiger partial charge in [0, 0.05) is 23.8 Å². The highest BCUT2D eigenvalue weighted by Gasteiger charge is 2.01. The minimum atomic E-state index is 0.270. The fraction of sp³-hybridized carbons (Fsp3) is 0.444. The predicted octanol–water partition coefficient (Wildman–Crippen LogP) is 2.29. The lowest BCUT2D eigenvalue weighted by Crippen LogP contribution is -2.21. The molecule has 0 aromatic carbocycles. The molecule has 1 rings (SSSR count). The van der Waals surface area contributed by atoms with E-state index in [1.54, 1.807) is 13.3 Å². The van der Waals surface area contributed by atoms with Gasteiger partial charge >= 0.3 is 0 Å². The Kier molecular flexibility index (Phi) is 4.18. The summed E-state index contributed by atoms with van der Waals surface area (Å²) in [7, 11) is 1.69. The molecule has 3 nitrogen and oxygen atoms in total. The summed E-state index contributed by atoms with van der Waals surface area (Å²) in [5.41, 5.74) is 0. The fourth-order valence-electron chi connectivity index (χ4n) is 1.03. The van der Waals surface area contributed by atoms with Gasteiger partial charge in [-0.15, -0.1) is 0 Å². The highest BCUT2D eigenvalue weighted by Crippen LogP contribution is 2.13. The average molecular weight is 245 g/mol. The van der Waals surface area contributed by atoms with Gasteiger partial charge in [-0.3, -0.25) is 0 Å². The molecule has 0 amide bonds. The largest absolute Gasteiger partial charge is 0.383 e. The van der Waals surface area contributed by atoms with Gasteiger partial charge < -0.3 is 10.1 Å². The SMILES string of the molecule is COC[C@@H](C)Nc1cc(Br)ccn1. The summed E-state index contributed by atoms with van der Waals surface area (Å²) in [6.07, 6.45) is 1.76. The molecule has 1 heterocycles. The van der Waals surface area contributed by atoms with E-state index in [0.717, 1.165) is 10.3 Å². The first-order valence-corrected chi connectivity index (χ1v) is 4.88. The van der Waals surface area contributed by atoms with Crippen LogP contribution < -0.4 is 5.32 Å². The standard InChI is InChI=1S/C9H13BrN2O/c1-7(6-13-2)12-9-5-8(10)3-4-11-9/h3-5,7H,6H2,1-2H3,(H,11,12)/t7-/m1/s1. The van der Waals surface area contributed by atoms with Gasteiger partial charge in [-0.1, -0.05) is 15.9 Å². The molecule has 13 heavy (non-hydrogen) atoms. The van der Waals surface area contributed by atoms with Crippen LogP contribution in [-0.2, 0) is 4.74 Å². The van der Waals surface area contributed by atoms with Crippen molar-refractivity contribution in [3.8, 4) is 0 Å². The van der Waals surface area contributed by atoms with Crippen LogP contribution in [0, 0.1) is 0 Å². The summed E-state index contributed by atoms with van der Waals surface area (Å²) in [4.78, 5) is 4.17. The van der Waals surface area contributed by atoms with Gasteiger partial charge in [-0.25, -0.2) is 4.98 Å². The molecule has 72 valence electrons. The van der Waals surface area contributed by atoms with Crippen molar-refractivity contribution < 1.29 is 4.74 Å². The summed E-state index contributed by atoms with van der Waals surface area (Å²) in [6, 6.07) is 4.10. The second-order valence-electron chi connectivity index (χ2n) is 2.86. The Morgan fingerprint density at radius 2 is 2.46 bits per heavy atom. The minimum absolute atomic E-state index is 0.270. The summed E-state index contributed by atoms with van der Waals surface area (Å²) < 4.78 is 6.03. The van der Waals surface area contributed by atoms with Crippen molar-refractivity contribution in [1.82, 2.24) is 4.98 Å². The molecule has 0 fully saturated rings. The van der Waals surface area contributed by atoms with Gasteiger partial charge in [0.05, 0.1) is 6.61 Å². The molecular formula is C9H13BrN2O. The third-order valence-corrected chi connectivity index (χ3v) is 2.03. The Morgan fingerprint density at radius 3 is 3.08 bits per heavy atom. The summed E-state index contributed by atoms with van der Waals surface area (Å²) in [5.74, 6) is 0.860. The first-order chi connectivity index (χ1) is 6.22.